The zero-order valence-corrected chi connectivity index (χ0v) is 5.97. The van der Waals surface area contributed by atoms with Gasteiger partial charge in [-0.2, -0.15) is 0 Å². The van der Waals surface area contributed by atoms with Crippen LogP contribution in [0.15, 0.2) is 0 Å². The highest BCUT2D eigenvalue weighted by Gasteiger charge is 2.48. The molecule has 2 N–H and O–H groups in total. The fourth-order valence-electron chi connectivity index (χ4n) is 1.39. The smallest absolute Gasteiger partial charge is 0.0824 e. The third-order valence-corrected chi connectivity index (χ3v) is 2.33. The standard InChI is InChI=1S/C7H13NO2/c9-7(1-2-7)6-5-10-4-3-8-6/h6,8-9H,1-5H2. The number of ether oxygens (including phenoxy) is 1. The van der Waals surface area contributed by atoms with Gasteiger partial charge in [-0.15, -0.1) is 0 Å². The molecule has 0 bridgehead atoms. The van der Waals surface area contributed by atoms with E-state index in [1.807, 2.05) is 0 Å². The van der Waals surface area contributed by atoms with Gasteiger partial charge in [0, 0.05) is 6.54 Å². The summed E-state index contributed by atoms with van der Waals surface area (Å²) in [6.45, 7) is 2.34. The summed E-state index contributed by atoms with van der Waals surface area (Å²) in [5, 5.41) is 12.9. The van der Waals surface area contributed by atoms with Crippen LogP contribution in [0.25, 0.3) is 0 Å². The highest BCUT2D eigenvalue weighted by Crippen LogP contribution is 2.38. The minimum Gasteiger partial charge on any atom is -0.388 e. The number of nitrogens with one attached hydrogen (secondary N) is 1. The molecule has 0 amide bonds. The first-order valence-corrected chi connectivity index (χ1v) is 3.85. The molecular weight excluding hydrogens is 130 g/mol. The van der Waals surface area contributed by atoms with Crippen molar-refractivity contribution in [3.8, 4) is 0 Å². The van der Waals surface area contributed by atoms with Crippen LogP contribution < -0.4 is 5.32 Å². The molecule has 0 radical (unpaired) electrons. The van der Waals surface area contributed by atoms with E-state index >= 15 is 0 Å². The molecule has 10 heavy (non-hydrogen) atoms. The van der Waals surface area contributed by atoms with Crippen LogP contribution in [0.4, 0.5) is 0 Å². The Morgan fingerprint density at radius 2 is 2.30 bits per heavy atom. The van der Waals surface area contributed by atoms with E-state index in [9.17, 15) is 5.11 Å². The van der Waals surface area contributed by atoms with Crippen molar-refractivity contribution in [2.75, 3.05) is 19.8 Å². The SMILES string of the molecule is OC1(C2COCCN2)CC1. The average Bonchev–Trinajstić information content (AvgIpc) is 2.72. The molecule has 0 aromatic heterocycles. The van der Waals surface area contributed by atoms with Gasteiger partial charge in [-0.25, -0.2) is 0 Å². The predicted octanol–water partition coefficient (Wildman–Crippen LogP) is -0.500. The lowest BCUT2D eigenvalue weighted by atomic mass is 10.1. The quantitative estimate of drug-likeness (QED) is 0.520. The molecule has 1 heterocycles. The molecule has 58 valence electrons. The van der Waals surface area contributed by atoms with Crippen LogP contribution in [0.2, 0.25) is 0 Å². The Morgan fingerprint density at radius 1 is 1.50 bits per heavy atom. The Bertz CT molecular complexity index is 128. The minimum absolute atomic E-state index is 0.196. The molecule has 1 saturated heterocycles. The van der Waals surface area contributed by atoms with E-state index in [0.29, 0.717) is 6.61 Å². The summed E-state index contributed by atoms with van der Waals surface area (Å²) in [4.78, 5) is 0. The van der Waals surface area contributed by atoms with Crippen molar-refractivity contribution in [3.63, 3.8) is 0 Å². The largest absolute Gasteiger partial charge is 0.388 e. The summed E-state index contributed by atoms with van der Waals surface area (Å²) in [6, 6.07) is 0.196. The van der Waals surface area contributed by atoms with Crippen molar-refractivity contribution < 1.29 is 9.84 Å². The van der Waals surface area contributed by atoms with Crippen LogP contribution >= 0.6 is 0 Å². The molecule has 3 nitrogen and oxygen atoms in total. The van der Waals surface area contributed by atoms with Gasteiger partial charge in [0.2, 0.25) is 0 Å². The summed E-state index contributed by atoms with van der Waals surface area (Å²) in [5.41, 5.74) is -0.416. The maximum atomic E-state index is 9.61. The molecule has 2 aliphatic rings. The van der Waals surface area contributed by atoms with Crippen molar-refractivity contribution in [1.29, 1.82) is 0 Å². The maximum absolute atomic E-state index is 9.61. The summed E-state index contributed by atoms with van der Waals surface area (Å²) < 4.78 is 5.23. The van der Waals surface area contributed by atoms with E-state index in [0.717, 1.165) is 26.0 Å². The van der Waals surface area contributed by atoms with Crippen molar-refractivity contribution >= 4 is 0 Å². The third-order valence-electron chi connectivity index (χ3n) is 2.33. The molecule has 2 fully saturated rings. The molecule has 1 atom stereocenters. The first-order chi connectivity index (χ1) is 4.81. The number of hydrogen-bond donors (Lipinski definition) is 2. The Morgan fingerprint density at radius 3 is 2.80 bits per heavy atom. The van der Waals surface area contributed by atoms with Gasteiger partial charge in [-0.3, -0.25) is 0 Å². The van der Waals surface area contributed by atoms with Gasteiger partial charge < -0.3 is 15.2 Å². The van der Waals surface area contributed by atoms with Gasteiger partial charge >= 0.3 is 0 Å². The van der Waals surface area contributed by atoms with Gasteiger partial charge in [-0.05, 0) is 12.8 Å². The van der Waals surface area contributed by atoms with E-state index in [4.69, 9.17) is 4.74 Å². The van der Waals surface area contributed by atoms with Gasteiger partial charge in [0.1, 0.15) is 0 Å². The summed E-state index contributed by atoms with van der Waals surface area (Å²) in [5.74, 6) is 0. The van der Waals surface area contributed by atoms with Gasteiger partial charge in [-0.1, -0.05) is 0 Å². The minimum atomic E-state index is -0.416. The zero-order chi connectivity index (χ0) is 7.03. The van der Waals surface area contributed by atoms with Gasteiger partial charge in [0.25, 0.3) is 0 Å². The number of rotatable bonds is 1. The van der Waals surface area contributed by atoms with E-state index in [1.54, 1.807) is 0 Å². The Balaban J connectivity index is 1.91. The van der Waals surface area contributed by atoms with Crippen molar-refractivity contribution in [3.05, 3.63) is 0 Å². The van der Waals surface area contributed by atoms with Crippen LogP contribution in [-0.4, -0.2) is 36.5 Å². The molecule has 3 heteroatoms. The predicted molar refractivity (Wildman–Crippen MR) is 36.8 cm³/mol. The summed E-state index contributed by atoms with van der Waals surface area (Å²) in [6.07, 6.45) is 1.88. The van der Waals surface area contributed by atoms with Crippen LogP contribution in [0.1, 0.15) is 12.8 Å². The monoisotopic (exact) mass is 143 g/mol. The molecule has 0 aromatic carbocycles. The molecule has 1 aliphatic heterocycles. The van der Waals surface area contributed by atoms with Gasteiger partial charge in [0.15, 0.2) is 0 Å². The topological polar surface area (TPSA) is 41.5 Å². The van der Waals surface area contributed by atoms with Crippen LogP contribution in [-0.2, 0) is 4.74 Å². The van der Waals surface area contributed by atoms with Crippen molar-refractivity contribution in [1.82, 2.24) is 5.32 Å². The normalized spacial score (nSPS) is 37.5. The van der Waals surface area contributed by atoms with E-state index in [-0.39, 0.29) is 6.04 Å². The Hall–Kier alpha value is -0.120. The second kappa shape index (κ2) is 2.19. The zero-order valence-electron chi connectivity index (χ0n) is 5.97. The second-order valence-electron chi connectivity index (χ2n) is 3.19. The van der Waals surface area contributed by atoms with Crippen LogP contribution in [0.5, 0.6) is 0 Å². The molecule has 0 spiro atoms. The van der Waals surface area contributed by atoms with Gasteiger partial charge in [0.05, 0.1) is 24.9 Å². The van der Waals surface area contributed by atoms with Crippen molar-refractivity contribution in [2.45, 2.75) is 24.5 Å². The first-order valence-electron chi connectivity index (χ1n) is 3.85. The molecule has 0 aromatic rings. The van der Waals surface area contributed by atoms with Crippen LogP contribution in [0, 0.1) is 0 Å². The first kappa shape index (κ1) is 6.58. The number of aliphatic hydroxyl groups is 1. The second-order valence-corrected chi connectivity index (χ2v) is 3.19. The lowest BCUT2D eigenvalue weighted by Gasteiger charge is -2.27. The highest BCUT2D eigenvalue weighted by atomic mass is 16.5. The highest BCUT2D eigenvalue weighted by molar-refractivity contribution is 5.03. The van der Waals surface area contributed by atoms with E-state index in [1.165, 1.54) is 0 Å². The molecule has 1 saturated carbocycles. The van der Waals surface area contributed by atoms with Crippen LogP contribution in [0.3, 0.4) is 0 Å². The maximum Gasteiger partial charge on any atom is 0.0824 e. The fraction of sp³-hybridized carbons (Fsp3) is 1.00. The lowest BCUT2D eigenvalue weighted by molar-refractivity contribution is 0.00611. The molecular formula is C7H13NO2. The Labute approximate surface area is 60.4 Å². The fourth-order valence-corrected chi connectivity index (χ4v) is 1.39. The molecule has 1 unspecified atom stereocenters. The summed E-state index contributed by atoms with van der Waals surface area (Å²) >= 11 is 0. The molecule has 2 rings (SSSR count). The number of hydrogen-bond acceptors (Lipinski definition) is 3. The average molecular weight is 143 g/mol. The number of morpholine rings is 1. The summed E-state index contributed by atoms with van der Waals surface area (Å²) in [7, 11) is 0. The van der Waals surface area contributed by atoms with E-state index in [2.05, 4.69) is 5.32 Å². The molecule has 1 aliphatic carbocycles. The lowest BCUT2D eigenvalue weighted by Crippen LogP contribution is -2.49. The third kappa shape index (κ3) is 1.05. The van der Waals surface area contributed by atoms with E-state index < -0.39 is 5.60 Å². The van der Waals surface area contributed by atoms with Crippen molar-refractivity contribution in [2.24, 2.45) is 0 Å². The Kier molecular flexibility index (Phi) is 1.44.